The van der Waals surface area contributed by atoms with Crippen molar-refractivity contribution in [2.75, 3.05) is 6.61 Å². The third kappa shape index (κ3) is 4.69. The lowest BCUT2D eigenvalue weighted by atomic mass is 9.91. The van der Waals surface area contributed by atoms with Crippen molar-refractivity contribution >= 4 is 5.91 Å². The van der Waals surface area contributed by atoms with Crippen molar-refractivity contribution in [3.63, 3.8) is 0 Å². The third-order valence-corrected chi connectivity index (χ3v) is 4.61. The van der Waals surface area contributed by atoms with Crippen LogP contribution in [-0.2, 0) is 9.53 Å². The SMILES string of the molecule is CC1(C)C[C@H](NC(=O)C[C@@H](c2ccc(F)cc2)c2ccco2)CCO1. The second-order valence-electron chi connectivity index (χ2n) is 7.19. The summed E-state index contributed by atoms with van der Waals surface area (Å²) >= 11 is 0. The predicted octanol–water partition coefficient (Wildman–Crippen LogP) is 4.01. The number of hydrogen-bond acceptors (Lipinski definition) is 3. The zero-order valence-corrected chi connectivity index (χ0v) is 14.6. The Morgan fingerprint density at radius 1 is 1.32 bits per heavy atom. The van der Waals surface area contributed by atoms with Crippen molar-refractivity contribution in [2.45, 2.75) is 50.7 Å². The summed E-state index contributed by atoms with van der Waals surface area (Å²) in [4.78, 5) is 12.6. The molecule has 2 atom stereocenters. The molecule has 0 aliphatic carbocycles. The summed E-state index contributed by atoms with van der Waals surface area (Å²) in [5, 5.41) is 3.11. The van der Waals surface area contributed by atoms with Crippen molar-refractivity contribution in [2.24, 2.45) is 0 Å². The van der Waals surface area contributed by atoms with Gasteiger partial charge in [-0.2, -0.15) is 0 Å². The number of amides is 1. The quantitative estimate of drug-likeness (QED) is 0.891. The molecule has 1 saturated heterocycles. The molecule has 1 aliphatic rings. The molecule has 25 heavy (non-hydrogen) atoms. The Morgan fingerprint density at radius 3 is 2.72 bits per heavy atom. The molecule has 1 aromatic heterocycles. The summed E-state index contributed by atoms with van der Waals surface area (Å²) < 4.78 is 24.4. The summed E-state index contributed by atoms with van der Waals surface area (Å²) in [6.07, 6.45) is 3.46. The summed E-state index contributed by atoms with van der Waals surface area (Å²) in [6.45, 7) is 4.72. The van der Waals surface area contributed by atoms with Crippen LogP contribution in [0, 0.1) is 5.82 Å². The molecule has 1 aliphatic heterocycles. The van der Waals surface area contributed by atoms with E-state index in [1.54, 1.807) is 24.5 Å². The average molecular weight is 345 g/mol. The summed E-state index contributed by atoms with van der Waals surface area (Å²) in [5.74, 6) is 0.141. The highest BCUT2D eigenvalue weighted by Gasteiger charge is 2.30. The van der Waals surface area contributed by atoms with Gasteiger partial charge in [0.25, 0.3) is 0 Å². The Balaban J connectivity index is 1.70. The summed E-state index contributed by atoms with van der Waals surface area (Å²) in [6, 6.07) is 9.97. The van der Waals surface area contributed by atoms with Gasteiger partial charge in [0.2, 0.25) is 5.91 Å². The average Bonchev–Trinajstić information content (AvgIpc) is 3.07. The number of ether oxygens (including phenoxy) is 1. The smallest absolute Gasteiger partial charge is 0.221 e. The first-order valence-electron chi connectivity index (χ1n) is 8.65. The second kappa shape index (κ2) is 7.40. The molecule has 0 unspecified atom stereocenters. The molecular weight excluding hydrogens is 321 g/mol. The van der Waals surface area contributed by atoms with Gasteiger partial charge in [0.1, 0.15) is 11.6 Å². The number of carbonyl (C=O) groups is 1. The van der Waals surface area contributed by atoms with Gasteiger partial charge in [0, 0.05) is 19.1 Å². The molecule has 3 rings (SSSR count). The van der Waals surface area contributed by atoms with E-state index in [-0.39, 0.29) is 35.7 Å². The monoisotopic (exact) mass is 345 g/mol. The Hall–Kier alpha value is -2.14. The molecule has 0 radical (unpaired) electrons. The van der Waals surface area contributed by atoms with Crippen LogP contribution in [-0.4, -0.2) is 24.2 Å². The molecule has 4 nitrogen and oxygen atoms in total. The predicted molar refractivity (Wildman–Crippen MR) is 92.8 cm³/mol. The molecule has 2 aromatic rings. The molecule has 1 fully saturated rings. The van der Waals surface area contributed by atoms with Gasteiger partial charge in [-0.25, -0.2) is 4.39 Å². The number of rotatable bonds is 5. The highest BCUT2D eigenvalue weighted by atomic mass is 19.1. The van der Waals surface area contributed by atoms with E-state index < -0.39 is 0 Å². The zero-order chi connectivity index (χ0) is 17.9. The maximum atomic E-state index is 13.2. The van der Waals surface area contributed by atoms with E-state index in [2.05, 4.69) is 5.32 Å². The first-order chi connectivity index (χ1) is 11.9. The van der Waals surface area contributed by atoms with E-state index in [1.807, 2.05) is 19.9 Å². The molecular formula is C20H24FNO3. The fraction of sp³-hybridized carbons (Fsp3) is 0.450. The van der Waals surface area contributed by atoms with E-state index in [9.17, 15) is 9.18 Å². The van der Waals surface area contributed by atoms with Crippen molar-refractivity contribution in [1.82, 2.24) is 5.32 Å². The van der Waals surface area contributed by atoms with E-state index in [4.69, 9.17) is 9.15 Å². The molecule has 1 amide bonds. The Morgan fingerprint density at radius 2 is 2.08 bits per heavy atom. The summed E-state index contributed by atoms with van der Waals surface area (Å²) in [5.41, 5.74) is 0.645. The van der Waals surface area contributed by atoms with Gasteiger partial charge in [-0.1, -0.05) is 12.1 Å². The maximum absolute atomic E-state index is 13.2. The van der Waals surface area contributed by atoms with Crippen LogP contribution in [0.3, 0.4) is 0 Å². The van der Waals surface area contributed by atoms with Crippen molar-refractivity contribution in [3.05, 3.63) is 59.8 Å². The lowest BCUT2D eigenvalue weighted by Crippen LogP contribution is -2.46. The topological polar surface area (TPSA) is 51.5 Å². The highest BCUT2D eigenvalue weighted by Crippen LogP contribution is 2.29. The minimum Gasteiger partial charge on any atom is -0.469 e. The van der Waals surface area contributed by atoms with Gasteiger partial charge in [-0.15, -0.1) is 0 Å². The van der Waals surface area contributed by atoms with E-state index >= 15 is 0 Å². The van der Waals surface area contributed by atoms with Crippen LogP contribution in [0.2, 0.25) is 0 Å². The molecule has 5 heteroatoms. The van der Waals surface area contributed by atoms with Crippen LogP contribution in [0.15, 0.2) is 47.1 Å². The Kier molecular flexibility index (Phi) is 5.23. The highest BCUT2D eigenvalue weighted by molar-refractivity contribution is 5.77. The summed E-state index contributed by atoms with van der Waals surface area (Å²) in [7, 11) is 0. The van der Waals surface area contributed by atoms with Crippen LogP contribution in [0.5, 0.6) is 0 Å². The van der Waals surface area contributed by atoms with E-state index in [0.29, 0.717) is 12.4 Å². The number of halogens is 1. The fourth-order valence-electron chi connectivity index (χ4n) is 3.39. The van der Waals surface area contributed by atoms with Gasteiger partial charge in [-0.05, 0) is 56.5 Å². The third-order valence-electron chi connectivity index (χ3n) is 4.61. The molecule has 0 bridgehead atoms. The number of carbonyl (C=O) groups excluding carboxylic acids is 1. The lowest BCUT2D eigenvalue weighted by molar-refractivity contribution is -0.124. The lowest BCUT2D eigenvalue weighted by Gasteiger charge is -2.36. The van der Waals surface area contributed by atoms with Crippen LogP contribution >= 0.6 is 0 Å². The molecule has 2 heterocycles. The largest absolute Gasteiger partial charge is 0.469 e. The number of nitrogens with one attached hydrogen (secondary N) is 1. The molecule has 0 spiro atoms. The van der Waals surface area contributed by atoms with E-state index in [0.717, 1.165) is 18.4 Å². The van der Waals surface area contributed by atoms with Gasteiger partial charge >= 0.3 is 0 Å². The standard InChI is InChI=1S/C20H24FNO3/c1-20(2)13-16(9-11-25-20)22-19(23)12-17(18-4-3-10-24-18)14-5-7-15(21)8-6-14/h3-8,10,16-17H,9,11-13H2,1-2H3,(H,22,23)/t16-,17+/m1/s1. The normalized spacial score (nSPS) is 20.8. The van der Waals surface area contributed by atoms with Crippen LogP contribution in [0.25, 0.3) is 0 Å². The molecule has 0 saturated carbocycles. The van der Waals surface area contributed by atoms with Crippen LogP contribution < -0.4 is 5.32 Å². The maximum Gasteiger partial charge on any atom is 0.221 e. The fourth-order valence-corrected chi connectivity index (χ4v) is 3.39. The number of hydrogen-bond donors (Lipinski definition) is 1. The first-order valence-corrected chi connectivity index (χ1v) is 8.65. The van der Waals surface area contributed by atoms with Crippen molar-refractivity contribution < 1.29 is 18.3 Å². The minimum atomic E-state index is -0.296. The molecule has 1 aromatic carbocycles. The van der Waals surface area contributed by atoms with Gasteiger partial charge in [-0.3, -0.25) is 4.79 Å². The van der Waals surface area contributed by atoms with Crippen LogP contribution in [0.4, 0.5) is 4.39 Å². The van der Waals surface area contributed by atoms with Gasteiger partial charge in [0.05, 0.1) is 17.8 Å². The number of furan rings is 1. The second-order valence-corrected chi connectivity index (χ2v) is 7.19. The Labute approximate surface area is 147 Å². The molecule has 134 valence electrons. The first kappa shape index (κ1) is 17.7. The van der Waals surface area contributed by atoms with Crippen molar-refractivity contribution in [1.29, 1.82) is 0 Å². The number of benzene rings is 1. The van der Waals surface area contributed by atoms with E-state index in [1.165, 1.54) is 12.1 Å². The van der Waals surface area contributed by atoms with Crippen molar-refractivity contribution in [3.8, 4) is 0 Å². The Bertz CT molecular complexity index is 694. The van der Waals surface area contributed by atoms with Gasteiger partial charge < -0.3 is 14.5 Å². The minimum absolute atomic E-state index is 0.0339. The van der Waals surface area contributed by atoms with Gasteiger partial charge in [0.15, 0.2) is 0 Å². The molecule has 1 N–H and O–H groups in total. The van der Waals surface area contributed by atoms with Crippen LogP contribution in [0.1, 0.15) is 50.4 Å². The zero-order valence-electron chi connectivity index (χ0n) is 14.6.